The predicted molar refractivity (Wildman–Crippen MR) is 61.4 cm³/mol. The molecular weight excluding hydrogens is 192 g/mol. The van der Waals surface area contributed by atoms with E-state index in [1.807, 2.05) is 13.0 Å². The Kier molecular flexibility index (Phi) is 2.25. The SMILES string of the molecule is Cc1cc(-c2ncc(N)cc2C)cs1. The maximum absolute atomic E-state index is 5.65. The maximum Gasteiger partial charge on any atom is 0.0741 e. The van der Waals surface area contributed by atoms with E-state index in [1.165, 1.54) is 10.4 Å². The van der Waals surface area contributed by atoms with Gasteiger partial charge in [0.2, 0.25) is 0 Å². The summed E-state index contributed by atoms with van der Waals surface area (Å²) in [4.78, 5) is 5.65. The van der Waals surface area contributed by atoms with Crippen LogP contribution < -0.4 is 5.73 Å². The van der Waals surface area contributed by atoms with Gasteiger partial charge in [-0.25, -0.2) is 0 Å². The second-order valence-electron chi connectivity index (χ2n) is 3.38. The van der Waals surface area contributed by atoms with Crippen molar-refractivity contribution in [2.45, 2.75) is 13.8 Å². The Morgan fingerprint density at radius 2 is 2.07 bits per heavy atom. The molecule has 2 aromatic rings. The third-order valence-electron chi connectivity index (χ3n) is 2.10. The molecule has 0 aliphatic rings. The number of hydrogen-bond acceptors (Lipinski definition) is 3. The van der Waals surface area contributed by atoms with Crippen LogP contribution in [0.15, 0.2) is 23.7 Å². The molecule has 0 saturated carbocycles. The number of aryl methyl sites for hydroxylation is 2. The van der Waals surface area contributed by atoms with E-state index in [4.69, 9.17) is 5.73 Å². The Labute approximate surface area is 87.4 Å². The number of nitrogens with two attached hydrogens (primary N) is 1. The average Bonchev–Trinajstić information content (AvgIpc) is 2.51. The van der Waals surface area contributed by atoms with E-state index in [9.17, 15) is 0 Å². The normalized spacial score (nSPS) is 10.4. The molecular formula is C11H12N2S. The van der Waals surface area contributed by atoms with E-state index in [1.54, 1.807) is 17.5 Å². The lowest BCUT2D eigenvalue weighted by molar-refractivity contribution is 1.28. The van der Waals surface area contributed by atoms with Gasteiger partial charge >= 0.3 is 0 Å². The van der Waals surface area contributed by atoms with Crippen molar-refractivity contribution in [2.75, 3.05) is 5.73 Å². The van der Waals surface area contributed by atoms with Crippen LogP contribution in [0.2, 0.25) is 0 Å². The number of aromatic nitrogens is 1. The Morgan fingerprint density at radius 1 is 1.29 bits per heavy atom. The van der Waals surface area contributed by atoms with Crippen molar-refractivity contribution in [1.29, 1.82) is 0 Å². The van der Waals surface area contributed by atoms with Gasteiger partial charge < -0.3 is 5.73 Å². The van der Waals surface area contributed by atoms with Gasteiger partial charge in [-0.3, -0.25) is 4.98 Å². The number of nitrogens with zero attached hydrogens (tertiary/aromatic N) is 1. The maximum atomic E-state index is 5.65. The third kappa shape index (κ3) is 1.63. The molecule has 72 valence electrons. The molecule has 2 nitrogen and oxygen atoms in total. The van der Waals surface area contributed by atoms with Gasteiger partial charge in [-0.1, -0.05) is 0 Å². The van der Waals surface area contributed by atoms with Crippen LogP contribution in [0, 0.1) is 13.8 Å². The summed E-state index contributed by atoms with van der Waals surface area (Å²) in [6, 6.07) is 4.10. The van der Waals surface area contributed by atoms with Crippen LogP contribution in [0.3, 0.4) is 0 Å². The number of rotatable bonds is 1. The standard InChI is InChI=1S/C11H12N2S/c1-7-3-10(12)5-13-11(7)9-4-8(2)14-6-9/h3-6H,12H2,1-2H3. The van der Waals surface area contributed by atoms with Gasteiger partial charge in [0.25, 0.3) is 0 Å². The van der Waals surface area contributed by atoms with E-state index in [0.29, 0.717) is 0 Å². The average molecular weight is 204 g/mol. The highest BCUT2D eigenvalue weighted by Gasteiger charge is 2.05. The predicted octanol–water partition coefficient (Wildman–Crippen LogP) is 3.01. The lowest BCUT2D eigenvalue weighted by Gasteiger charge is -2.02. The van der Waals surface area contributed by atoms with E-state index in [2.05, 4.69) is 23.4 Å². The van der Waals surface area contributed by atoms with Crippen molar-refractivity contribution in [1.82, 2.24) is 4.98 Å². The highest BCUT2D eigenvalue weighted by molar-refractivity contribution is 7.10. The zero-order chi connectivity index (χ0) is 10.1. The van der Waals surface area contributed by atoms with Crippen LogP contribution in [0.5, 0.6) is 0 Å². The van der Waals surface area contributed by atoms with Crippen LogP contribution in [-0.2, 0) is 0 Å². The molecule has 0 aromatic carbocycles. The van der Waals surface area contributed by atoms with Crippen molar-refractivity contribution in [3.63, 3.8) is 0 Å². The Balaban J connectivity index is 2.52. The molecule has 14 heavy (non-hydrogen) atoms. The van der Waals surface area contributed by atoms with Gasteiger partial charge in [-0.05, 0) is 31.5 Å². The van der Waals surface area contributed by atoms with E-state index in [-0.39, 0.29) is 0 Å². The first-order valence-electron chi connectivity index (χ1n) is 4.44. The molecule has 0 aliphatic heterocycles. The summed E-state index contributed by atoms with van der Waals surface area (Å²) >= 11 is 1.74. The third-order valence-corrected chi connectivity index (χ3v) is 2.96. The molecule has 2 heterocycles. The highest BCUT2D eigenvalue weighted by atomic mass is 32.1. The smallest absolute Gasteiger partial charge is 0.0741 e. The zero-order valence-electron chi connectivity index (χ0n) is 8.24. The van der Waals surface area contributed by atoms with Gasteiger partial charge in [-0.2, -0.15) is 0 Å². The number of hydrogen-bond donors (Lipinski definition) is 1. The fourth-order valence-corrected chi connectivity index (χ4v) is 2.15. The molecule has 0 amide bonds. The van der Waals surface area contributed by atoms with Crippen molar-refractivity contribution in [3.8, 4) is 11.3 Å². The summed E-state index contributed by atoms with van der Waals surface area (Å²) in [5.74, 6) is 0. The molecule has 0 unspecified atom stereocenters. The van der Waals surface area contributed by atoms with Crippen LogP contribution in [0.25, 0.3) is 11.3 Å². The Morgan fingerprint density at radius 3 is 2.64 bits per heavy atom. The molecule has 0 bridgehead atoms. The van der Waals surface area contributed by atoms with Gasteiger partial charge in [-0.15, -0.1) is 11.3 Å². The molecule has 0 saturated heterocycles. The summed E-state index contributed by atoms with van der Waals surface area (Å²) in [5.41, 5.74) is 9.72. The van der Waals surface area contributed by atoms with E-state index >= 15 is 0 Å². The number of nitrogen functional groups attached to an aromatic ring is 1. The number of pyridine rings is 1. The lowest BCUT2D eigenvalue weighted by atomic mass is 10.1. The monoisotopic (exact) mass is 204 g/mol. The second kappa shape index (κ2) is 3.42. The first-order chi connectivity index (χ1) is 6.66. The van der Waals surface area contributed by atoms with Crippen LogP contribution >= 0.6 is 11.3 Å². The van der Waals surface area contributed by atoms with E-state index < -0.39 is 0 Å². The topological polar surface area (TPSA) is 38.9 Å². The zero-order valence-corrected chi connectivity index (χ0v) is 9.06. The van der Waals surface area contributed by atoms with Crippen LogP contribution in [0.1, 0.15) is 10.4 Å². The molecule has 0 radical (unpaired) electrons. The molecule has 0 aliphatic carbocycles. The molecule has 0 atom stereocenters. The summed E-state index contributed by atoms with van der Waals surface area (Å²) in [6.45, 7) is 4.13. The lowest BCUT2D eigenvalue weighted by Crippen LogP contribution is -1.91. The summed E-state index contributed by atoms with van der Waals surface area (Å²) < 4.78 is 0. The fourth-order valence-electron chi connectivity index (χ4n) is 1.47. The molecule has 2 aromatic heterocycles. The quantitative estimate of drug-likeness (QED) is 0.775. The Hall–Kier alpha value is -1.35. The minimum absolute atomic E-state index is 0.721. The molecule has 0 fully saturated rings. The minimum Gasteiger partial charge on any atom is -0.397 e. The molecule has 2 rings (SSSR count). The van der Waals surface area contributed by atoms with E-state index in [0.717, 1.165) is 16.9 Å². The van der Waals surface area contributed by atoms with Gasteiger partial charge in [0.1, 0.15) is 0 Å². The van der Waals surface area contributed by atoms with Gasteiger partial charge in [0.05, 0.1) is 17.6 Å². The summed E-state index contributed by atoms with van der Waals surface area (Å²) in [5, 5.41) is 2.13. The minimum atomic E-state index is 0.721. The Bertz CT molecular complexity index is 460. The van der Waals surface area contributed by atoms with Gasteiger partial charge in [0, 0.05) is 15.8 Å². The van der Waals surface area contributed by atoms with Crippen molar-refractivity contribution >= 4 is 17.0 Å². The number of anilines is 1. The first-order valence-corrected chi connectivity index (χ1v) is 5.32. The van der Waals surface area contributed by atoms with Gasteiger partial charge in [0.15, 0.2) is 0 Å². The molecule has 0 spiro atoms. The molecule has 2 N–H and O–H groups in total. The van der Waals surface area contributed by atoms with Crippen LogP contribution in [0.4, 0.5) is 5.69 Å². The summed E-state index contributed by atoms with van der Waals surface area (Å²) in [6.07, 6.45) is 1.70. The van der Waals surface area contributed by atoms with Crippen LogP contribution in [-0.4, -0.2) is 4.98 Å². The second-order valence-corrected chi connectivity index (χ2v) is 4.50. The highest BCUT2D eigenvalue weighted by Crippen LogP contribution is 2.26. The fraction of sp³-hybridized carbons (Fsp3) is 0.182. The first kappa shape index (κ1) is 9.21. The largest absolute Gasteiger partial charge is 0.397 e. The molecule has 3 heteroatoms. The number of thiophene rings is 1. The summed E-state index contributed by atoms with van der Waals surface area (Å²) in [7, 11) is 0. The van der Waals surface area contributed by atoms with Crippen molar-refractivity contribution in [2.24, 2.45) is 0 Å². The van der Waals surface area contributed by atoms with Crippen molar-refractivity contribution in [3.05, 3.63) is 34.2 Å². The van der Waals surface area contributed by atoms with Crippen molar-refractivity contribution < 1.29 is 0 Å².